The van der Waals surface area contributed by atoms with Gasteiger partial charge in [0.2, 0.25) is 5.91 Å². The van der Waals surface area contributed by atoms with Gasteiger partial charge in [0, 0.05) is 7.05 Å². The number of carbonyl (C=O) groups excluding carboxylic acids is 1. The van der Waals surface area contributed by atoms with Crippen LogP contribution >= 0.6 is 0 Å². The summed E-state index contributed by atoms with van der Waals surface area (Å²) in [5, 5.41) is 3.14. The second-order valence-electron chi connectivity index (χ2n) is 4.53. The van der Waals surface area contributed by atoms with Crippen LogP contribution < -0.4 is 5.32 Å². The average Bonchev–Trinajstić information content (AvgIpc) is 2.62. The molecule has 1 aliphatic rings. The van der Waals surface area contributed by atoms with Crippen LogP contribution in [0.15, 0.2) is 18.2 Å². The summed E-state index contributed by atoms with van der Waals surface area (Å²) in [6.07, 6.45) is 1.25. The van der Waals surface area contributed by atoms with Gasteiger partial charge in [0.15, 0.2) is 11.6 Å². The van der Waals surface area contributed by atoms with E-state index >= 15 is 0 Å². The predicted octanol–water partition coefficient (Wildman–Crippen LogP) is 2.19. The van der Waals surface area contributed by atoms with E-state index in [0.29, 0.717) is 5.56 Å². The molecule has 2 atom stereocenters. The van der Waals surface area contributed by atoms with Gasteiger partial charge >= 0.3 is 0 Å². The zero-order valence-corrected chi connectivity index (χ0v) is 10.4. The topological polar surface area (TPSA) is 32.3 Å². The van der Waals surface area contributed by atoms with E-state index in [0.717, 1.165) is 25.0 Å². The number of hydrogen-bond acceptors (Lipinski definition) is 2. The highest BCUT2D eigenvalue weighted by atomic mass is 19.2. The molecule has 1 aliphatic heterocycles. The van der Waals surface area contributed by atoms with Crippen LogP contribution in [0.4, 0.5) is 8.78 Å². The quantitative estimate of drug-likeness (QED) is 0.896. The highest BCUT2D eigenvalue weighted by Gasteiger charge is 2.36. The lowest BCUT2D eigenvalue weighted by Gasteiger charge is -2.19. The zero-order chi connectivity index (χ0) is 13.3. The molecule has 1 heterocycles. The van der Waals surface area contributed by atoms with E-state index in [1.165, 1.54) is 11.0 Å². The summed E-state index contributed by atoms with van der Waals surface area (Å²) in [5.41, 5.74) is 0.559. The lowest BCUT2D eigenvalue weighted by molar-refractivity contribution is -0.128. The van der Waals surface area contributed by atoms with Crippen molar-refractivity contribution in [2.24, 2.45) is 0 Å². The first-order chi connectivity index (χ1) is 8.54. The minimum atomic E-state index is -0.894. The molecule has 1 amide bonds. The fourth-order valence-corrected chi connectivity index (χ4v) is 2.24. The van der Waals surface area contributed by atoms with Crippen LogP contribution in [-0.4, -0.2) is 23.9 Å². The molecule has 0 spiro atoms. The van der Waals surface area contributed by atoms with Crippen LogP contribution in [0.5, 0.6) is 0 Å². The summed E-state index contributed by atoms with van der Waals surface area (Å²) >= 11 is 0. The summed E-state index contributed by atoms with van der Waals surface area (Å²) in [5.74, 6) is -1.78. The first kappa shape index (κ1) is 13.0. The fraction of sp³-hybridized carbons (Fsp3) is 0.462. The molecule has 18 heavy (non-hydrogen) atoms. The van der Waals surface area contributed by atoms with Crippen molar-refractivity contribution < 1.29 is 13.6 Å². The SMILES string of the molecule is CCCC1NC(c2ccc(F)c(F)c2)N(C)C1=O. The summed E-state index contributed by atoms with van der Waals surface area (Å²) in [6.45, 7) is 2.00. The minimum absolute atomic E-state index is 0.00779. The molecule has 1 N–H and O–H groups in total. The normalized spacial score (nSPS) is 23.8. The molecule has 2 rings (SSSR count). The summed E-state index contributed by atoms with van der Waals surface area (Å²) < 4.78 is 26.1. The number of hydrogen-bond donors (Lipinski definition) is 1. The van der Waals surface area contributed by atoms with E-state index in [9.17, 15) is 13.6 Å². The average molecular weight is 254 g/mol. The Hall–Kier alpha value is -1.49. The van der Waals surface area contributed by atoms with Crippen molar-refractivity contribution in [2.75, 3.05) is 7.05 Å². The maximum atomic E-state index is 13.2. The summed E-state index contributed by atoms with van der Waals surface area (Å²) in [7, 11) is 1.66. The molecule has 0 aliphatic carbocycles. The van der Waals surface area contributed by atoms with Gasteiger partial charge in [-0.05, 0) is 24.1 Å². The minimum Gasteiger partial charge on any atom is -0.325 e. The number of halogens is 2. The maximum absolute atomic E-state index is 13.2. The molecular weight excluding hydrogens is 238 g/mol. The third kappa shape index (κ3) is 2.22. The molecule has 5 heteroatoms. The van der Waals surface area contributed by atoms with Gasteiger partial charge < -0.3 is 4.90 Å². The molecule has 1 saturated heterocycles. The molecule has 2 unspecified atom stereocenters. The van der Waals surface area contributed by atoms with Crippen LogP contribution in [0.3, 0.4) is 0 Å². The lowest BCUT2D eigenvalue weighted by Crippen LogP contribution is -2.28. The van der Waals surface area contributed by atoms with Gasteiger partial charge in [0.25, 0.3) is 0 Å². The largest absolute Gasteiger partial charge is 0.325 e. The van der Waals surface area contributed by atoms with Crippen LogP contribution in [0.25, 0.3) is 0 Å². The molecule has 1 fully saturated rings. The molecule has 98 valence electrons. The Bertz CT molecular complexity index is 464. The van der Waals surface area contributed by atoms with Crippen molar-refractivity contribution in [3.63, 3.8) is 0 Å². The van der Waals surface area contributed by atoms with Gasteiger partial charge in [0.1, 0.15) is 6.17 Å². The van der Waals surface area contributed by atoms with E-state index in [1.54, 1.807) is 7.05 Å². The highest BCUT2D eigenvalue weighted by molar-refractivity contribution is 5.84. The third-order valence-electron chi connectivity index (χ3n) is 3.23. The number of likely N-dealkylation sites (N-methyl/N-ethyl adjacent to an activating group) is 1. The Labute approximate surface area is 105 Å². The Morgan fingerprint density at radius 3 is 2.67 bits per heavy atom. The molecule has 1 aromatic carbocycles. The summed E-state index contributed by atoms with van der Waals surface area (Å²) in [6, 6.07) is 3.47. The van der Waals surface area contributed by atoms with Gasteiger partial charge in [0.05, 0.1) is 6.04 Å². The molecule has 0 bridgehead atoms. The standard InChI is InChI=1S/C13H16F2N2O/c1-3-4-11-13(18)17(2)12(16-11)8-5-6-9(14)10(15)7-8/h5-7,11-12,16H,3-4H2,1-2H3. The van der Waals surface area contributed by atoms with E-state index in [1.807, 2.05) is 6.92 Å². The van der Waals surface area contributed by atoms with E-state index < -0.39 is 11.6 Å². The lowest BCUT2D eigenvalue weighted by atomic mass is 10.1. The van der Waals surface area contributed by atoms with Crippen LogP contribution in [0.1, 0.15) is 31.5 Å². The third-order valence-corrected chi connectivity index (χ3v) is 3.23. The zero-order valence-electron chi connectivity index (χ0n) is 10.4. The van der Waals surface area contributed by atoms with Crippen molar-refractivity contribution in [1.29, 1.82) is 0 Å². The van der Waals surface area contributed by atoms with Crippen LogP contribution in [-0.2, 0) is 4.79 Å². The fourth-order valence-electron chi connectivity index (χ4n) is 2.24. The second-order valence-corrected chi connectivity index (χ2v) is 4.53. The van der Waals surface area contributed by atoms with Crippen molar-refractivity contribution in [1.82, 2.24) is 10.2 Å². The van der Waals surface area contributed by atoms with Gasteiger partial charge in [-0.3, -0.25) is 10.1 Å². The smallest absolute Gasteiger partial charge is 0.241 e. The van der Waals surface area contributed by atoms with Crippen molar-refractivity contribution in [2.45, 2.75) is 32.0 Å². The highest BCUT2D eigenvalue weighted by Crippen LogP contribution is 2.26. The van der Waals surface area contributed by atoms with Gasteiger partial charge in [-0.2, -0.15) is 0 Å². The van der Waals surface area contributed by atoms with E-state index in [2.05, 4.69) is 5.32 Å². The van der Waals surface area contributed by atoms with Crippen LogP contribution in [0.2, 0.25) is 0 Å². The van der Waals surface area contributed by atoms with Crippen molar-refractivity contribution >= 4 is 5.91 Å². The first-order valence-corrected chi connectivity index (χ1v) is 6.02. The number of carbonyl (C=O) groups is 1. The van der Waals surface area contributed by atoms with Crippen molar-refractivity contribution in [3.05, 3.63) is 35.4 Å². The molecule has 0 saturated carbocycles. The Morgan fingerprint density at radius 2 is 2.06 bits per heavy atom. The van der Waals surface area contributed by atoms with E-state index in [4.69, 9.17) is 0 Å². The molecular formula is C13H16F2N2O. The number of rotatable bonds is 3. The number of amides is 1. The Kier molecular flexibility index (Phi) is 3.61. The number of nitrogens with zero attached hydrogens (tertiary/aromatic N) is 1. The van der Waals surface area contributed by atoms with Gasteiger partial charge in [-0.1, -0.05) is 19.4 Å². The molecule has 3 nitrogen and oxygen atoms in total. The second kappa shape index (κ2) is 5.02. The predicted molar refractivity (Wildman–Crippen MR) is 63.7 cm³/mol. The van der Waals surface area contributed by atoms with Gasteiger partial charge in [-0.25, -0.2) is 8.78 Å². The number of nitrogens with one attached hydrogen (secondary N) is 1. The monoisotopic (exact) mass is 254 g/mol. The first-order valence-electron chi connectivity index (χ1n) is 6.02. The molecule has 1 aromatic rings. The summed E-state index contributed by atoms with van der Waals surface area (Å²) in [4.78, 5) is 13.5. The van der Waals surface area contributed by atoms with Gasteiger partial charge in [-0.15, -0.1) is 0 Å². The molecule has 0 radical (unpaired) electrons. The van der Waals surface area contributed by atoms with E-state index in [-0.39, 0.29) is 18.1 Å². The Morgan fingerprint density at radius 1 is 1.33 bits per heavy atom. The Balaban J connectivity index is 2.23. The number of benzene rings is 1. The maximum Gasteiger partial charge on any atom is 0.241 e. The van der Waals surface area contributed by atoms with Crippen LogP contribution in [0, 0.1) is 11.6 Å². The molecule has 0 aromatic heterocycles. The van der Waals surface area contributed by atoms with Crippen molar-refractivity contribution in [3.8, 4) is 0 Å².